The first-order valence-corrected chi connectivity index (χ1v) is 8.63. The largest absolute Gasteiger partial charge is 0.481 e. The Morgan fingerprint density at radius 2 is 2.19 bits per heavy atom. The molecule has 1 aliphatic rings. The number of rotatable bonds is 5. The van der Waals surface area contributed by atoms with Crippen molar-refractivity contribution in [1.82, 2.24) is 19.9 Å². The van der Waals surface area contributed by atoms with Crippen molar-refractivity contribution in [3.05, 3.63) is 40.4 Å². The van der Waals surface area contributed by atoms with Gasteiger partial charge in [0.1, 0.15) is 5.82 Å². The van der Waals surface area contributed by atoms with Gasteiger partial charge in [0.2, 0.25) is 0 Å². The maximum absolute atomic E-state index is 13.4. The maximum Gasteiger partial charge on any atom is 0.305 e. The Kier molecular flexibility index (Phi) is 5.43. The van der Waals surface area contributed by atoms with Crippen molar-refractivity contribution >= 4 is 23.5 Å². The number of likely N-dealkylation sites (tertiary alicyclic amines) is 1. The summed E-state index contributed by atoms with van der Waals surface area (Å²) in [6, 6.07) is 3.58. The Labute approximate surface area is 159 Å². The minimum atomic E-state index is -0.990. The van der Waals surface area contributed by atoms with Gasteiger partial charge in [0, 0.05) is 19.7 Å². The summed E-state index contributed by atoms with van der Waals surface area (Å²) >= 11 is 5.81. The standard InChI is InChI=1S/C17H18ClFN4O4/c1-9-16(20-21-23(9)10-3-4-14(19)13(18)6-10)17(26)22-8-12(27-2)5-11(22)7-15(24)25/h3-4,6,11-12H,5,7-8H2,1-2H3,(H,24,25). The van der Waals surface area contributed by atoms with Crippen LogP contribution < -0.4 is 0 Å². The van der Waals surface area contributed by atoms with Gasteiger partial charge in [-0.1, -0.05) is 16.8 Å². The molecule has 2 aromatic rings. The predicted octanol–water partition coefficient (Wildman–Crippen LogP) is 2.07. The molecular formula is C17H18ClFN4O4. The van der Waals surface area contributed by atoms with Crippen LogP contribution in [0.2, 0.25) is 5.02 Å². The van der Waals surface area contributed by atoms with E-state index in [0.717, 1.165) is 0 Å². The molecule has 2 atom stereocenters. The molecule has 1 amide bonds. The SMILES string of the molecule is COC1CC(CC(=O)O)N(C(=O)c2nnn(-c3ccc(F)c(Cl)c3)c2C)C1. The highest BCUT2D eigenvalue weighted by molar-refractivity contribution is 6.30. The van der Waals surface area contributed by atoms with Gasteiger partial charge in [-0.2, -0.15) is 0 Å². The summed E-state index contributed by atoms with van der Waals surface area (Å²) in [4.78, 5) is 25.5. The minimum Gasteiger partial charge on any atom is -0.481 e. The van der Waals surface area contributed by atoms with Crippen molar-refractivity contribution in [2.24, 2.45) is 0 Å². The zero-order chi connectivity index (χ0) is 19.7. The zero-order valence-corrected chi connectivity index (χ0v) is 15.5. The molecule has 1 saturated heterocycles. The fourth-order valence-corrected chi connectivity index (χ4v) is 3.39. The van der Waals surface area contributed by atoms with Crippen LogP contribution in [0.5, 0.6) is 0 Å². The first kappa shape index (κ1) is 19.2. The molecule has 10 heteroatoms. The number of carbonyl (C=O) groups excluding carboxylic acids is 1. The molecule has 0 aliphatic carbocycles. The Hall–Kier alpha value is -2.52. The average Bonchev–Trinajstić information content (AvgIpc) is 3.20. The molecule has 0 saturated carbocycles. The second-order valence-electron chi connectivity index (χ2n) is 6.34. The van der Waals surface area contributed by atoms with E-state index in [1.807, 2.05) is 0 Å². The van der Waals surface area contributed by atoms with E-state index in [-0.39, 0.29) is 29.8 Å². The lowest BCUT2D eigenvalue weighted by Crippen LogP contribution is -2.38. The van der Waals surface area contributed by atoms with Gasteiger partial charge < -0.3 is 14.7 Å². The first-order chi connectivity index (χ1) is 12.8. The number of benzene rings is 1. The van der Waals surface area contributed by atoms with Gasteiger partial charge in [-0.3, -0.25) is 9.59 Å². The van der Waals surface area contributed by atoms with Gasteiger partial charge in [0.25, 0.3) is 5.91 Å². The number of methoxy groups -OCH3 is 1. The summed E-state index contributed by atoms with van der Waals surface area (Å²) in [5, 5.41) is 16.9. The van der Waals surface area contributed by atoms with E-state index in [1.165, 1.54) is 34.9 Å². The maximum atomic E-state index is 13.4. The number of carboxylic acid groups (broad SMARTS) is 1. The quantitative estimate of drug-likeness (QED) is 0.830. The number of carboxylic acids is 1. The molecule has 1 aromatic carbocycles. The average molecular weight is 397 g/mol. The van der Waals surface area contributed by atoms with Crippen LogP contribution in [0.3, 0.4) is 0 Å². The normalized spacial score (nSPS) is 19.5. The Balaban J connectivity index is 1.89. The number of aromatic nitrogens is 3. The second-order valence-corrected chi connectivity index (χ2v) is 6.74. The molecule has 2 heterocycles. The summed E-state index contributed by atoms with van der Waals surface area (Å²) in [6.07, 6.45) is 0.0336. The van der Waals surface area contributed by atoms with Gasteiger partial charge in [0.15, 0.2) is 5.69 Å². The number of hydrogen-bond acceptors (Lipinski definition) is 5. The first-order valence-electron chi connectivity index (χ1n) is 8.25. The second kappa shape index (κ2) is 7.61. The van der Waals surface area contributed by atoms with Crippen LogP contribution in [0.4, 0.5) is 4.39 Å². The topological polar surface area (TPSA) is 97.6 Å². The molecule has 1 fully saturated rings. The molecule has 1 aromatic heterocycles. The lowest BCUT2D eigenvalue weighted by Gasteiger charge is -2.22. The van der Waals surface area contributed by atoms with Crippen LogP contribution in [0.15, 0.2) is 18.2 Å². The van der Waals surface area contributed by atoms with Crippen molar-refractivity contribution in [2.75, 3.05) is 13.7 Å². The van der Waals surface area contributed by atoms with Crippen molar-refractivity contribution in [1.29, 1.82) is 0 Å². The van der Waals surface area contributed by atoms with E-state index >= 15 is 0 Å². The van der Waals surface area contributed by atoms with Crippen molar-refractivity contribution in [3.8, 4) is 5.69 Å². The Morgan fingerprint density at radius 3 is 2.81 bits per heavy atom. The van der Waals surface area contributed by atoms with Crippen LogP contribution in [0.1, 0.15) is 29.0 Å². The zero-order valence-electron chi connectivity index (χ0n) is 14.7. The lowest BCUT2D eigenvalue weighted by atomic mass is 10.1. The van der Waals surface area contributed by atoms with E-state index in [4.69, 9.17) is 21.4 Å². The van der Waals surface area contributed by atoms with Crippen LogP contribution in [0.25, 0.3) is 5.69 Å². The van der Waals surface area contributed by atoms with E-state index < -0.39 is 23.7 Å². The number of aliphatic carboxylic acids is 1. The van der Waals surface area contributed by atoms with Crippen molar-refractivity contribution < 1.29 is 23.8 Å². The molecule has 1 aliphatic heterocycles. The van der Waals surface area contributed by atoms with Crippen LogP contribution in [0, 0.1) is 12.7 Å². The summed E-state index contributed by atoms with van der Waals surface area (Å²) in [6.45, 7) is 1.93. The lowest BCUT2D eigenvalue weighted by molar-refractivity contribution is -0.138. The highest BCUT2D eigenvalue weighted by Crippen LogP contribution is 2.26. The molecule has 1 N–H and O–H groups in total. The van der Waals surface area contributed by atoms with Crippen LogP contribution in [-0.2, 0) is 9.53 Å². The highest BCUT2D eigenvalue weighted by Gasteiger charge is 2.38. The third-order valence-corrected chi connectivity index (χ3v) is 4.92. The van der Waals surface area contributed by atoms with Gasteiger partial charge in [0.05, 0.1) is 28.9 Å². The molecule has 144 valence electrons. The molecule has 3 rings (SSSR count). The molecular weight excluding hydrogens is 379 g/mol. The van der Waals surface area contributed by atoms with Gasteiger partial charge >= 0.3 is 5.97 Å². The summed E-state index contributed by atoms with van der Waals surface area (Å²) in [5.41, 5.74) is 1.00. The number of ether oxygens (including phenoxy) is 1. The molecule has 0 bridgehead atoms. The number of amides is 1. The van der Waals surface area contributed by atoms with E-state index in [9.17, 15) is 14.0 Å². The van der Waals surface area contributed by atoms with Gasteiger partial charge in [-0.15, -0.1) is 5.10 Å². The minimum absolute atomic E-state index is 0.0701. The highest BCUT2D eigenvalue weighted by atomic mass is 35.5. The predicted molar refractivity (Wildman–Crippen MR) is 93.6 cm³/mol. The number of nitrogens with zero attached hydrogens (tertiary/aromatic N) is 4. The fraction of sp³-hybridized carbons (Fsp3) is 0.412. The number of hydrogen-bond donors (Lipinski definition) is 1. The Bertz CT molecular complexity index is 888. The van der Waals surface area contributed by atoms with Crippen molar-refractivity contribution in [3.63, 3.8) is 0 Å². The number of carbonyl (C=O) groups is 2. The Morgan fingerprint density at radius 1 is 1.44 bits per heavy atom. The summed E-state index contributed by atoms with van der Waals surface area (Å²) in [7, 11) is 1.52. The van der Waals surface area contributed by atoms with Crippen molar-refractivity contribution in [2.45, 2.75) is 31.9 Å². The fourth-order valence-electron chi connectivity index (χ4n) is 3.21. The summed E-state index contributed by atoms with van der Waals surface area (Å²) in [5.74, 6) is -1.97. The molecule has 0 radical (unpaired) electrons. The van der Waals surface area contributed by atoms with Gasteiger partial charge in [-0.25, -0.2) is 9.07 Å². The monoisotopic (exact) mass is 396 g/mol. The molecule has 2 unspecified atom stereocenters. The van der Waals surface area contributed by atoms with E-state index in [2.05, 4.69) is 10.3 Å². The van der Waals surface area contributed by atoms with E-state index in [1.54, 1.807) is 6.92 Å². The molecule has 0 spiro atoms. The molecule has 8 nitrogen and oxygen atoms in total. The smallest absolute Gasteiger partial charge is 0.305 e. The third-order valence-electron chi connectivity index (χ3n) is 4.63. The summed E-state index contributed by atoms with van der Waals surface area (Å²) < 4.78 is 20.0. The van der Waals surface area contributed by atoms with E-state index in [0.29, 0.717) is 17.8 Å². The van der Waals surface area contributed by atoms with Gasteiger partial charge in [-0.05, 0) is 31.5 Å². The molecule has 27 heavy (non-hydrogen) atoms. The van der Waals surface area contributed by atoms with Crippen LogP contribution >= 0.6 is 11.6 Å². The van der Waals surface area contributed by atoms with Crippen LogP contribution in [-0.4, -0.2) is 62.7 Å². The number of halogens is 2. The third kappa shape index (κ3) is 3.79.